The number of nitrogens with one attached hydrogen (secondary N) is 1. The predicted octanol–water partition coefficient (Wildman–Crippen LogP) is 5.67. The van der Waals surface area contributed by atoms with Crippen molar-refractivity contribution in [2.75, 3.05) is 11.9 Å². The van der Waals surface area contributed by atoms with Crippen molar-refractivity contribution in [2.45, 2.75) is 19.3 Å². The average molecular weight is 430 g/mol. The third kappa shape index (κ3) is 5.82. The van der Waals surface area contributed by atoms with Gasteiger partial charge < -0.3 is 14.5 Å². The summed E-state index contributed by atoms with van der Waals surface area (Å²) in [7, 11) is 0. The Morgan fingerprint density at radius 1 is 0.938 bits per heavy atom. The number of amides is 1. The number of anilines is 1. The third-order valence-corrected chi connectivity index (χ3v) is 4.90. The number of aromatic nitrogens is 1. The molecule has 32 heavy (non-hydrogen) atoms. The molecule has 1 N–H and O–H groups in total. The number of oxazole rings is 1. The quantitative estimate of drug-likeness (QED) is 0.371. The van der Waals surface area contributed by atoms with E-state index in [9.17, 15) is 9.18 Å². The van der Waals surface area contributed by atoms with Crippen molar-refractivity contribution in [2.24, 2.45) is 0 Å². The first-order valence-electron chi connectivity index (χ1n) is 10.4. The number of hydrogen-bond donors (Lipinski definition) is 1. The number of rotatable bonds is 9. The van der Waals surface area contributed by atoms with Crippen molar-refractivity contribution in [3.05, 3.63) is 102 Å². The van der Waals surface area contributed by atoms with Gasteiger partial charge in [-0.1, -0.05) is 42.5 Å². The van der Waals surface area contributed by atoms with Crippen LogP contribution >= 0.6 is 0 Å². The van der Waals surface area contributed by atoms with E-state index < -0.39 is 0 Å². The fourth-order valence-electron chi connectivity index (χ4n) is 3.23. The van der Waals surface area contributed by atoms with E-state index in [1.165, 1.54) is 17.7 Å². The highest BCUT2D eigenvalue weighted by atomic mass is 19.1. The minimum absolute atomic E-state index is 0.161. The van der Waals surface area contributed by atoms with Crippen molar-refractivity contribution < 1.29 is 18.3 Å². The number of ether oxygens (including phenoxy) is 1. The van der Waals surface area contributed by atoms with Gasteiger partial charge in [-0.05, 0) is 42.0 Å². The topological polar surface area (TPSA) is 64.4 Å². The van der Waals surface area contributed by atoms with Crippen LogP contribution in [-0.2, 0) is 17.6 Å². The summed E-state index contributed by atoms with van der Waals surface area (Å²) in [6, 6.07) is 23.5. The van der Waals surface area contributed by atoms with Crippen LogP contribution in [0.15, 0.2) is 89.5 Å². The first-order chi connectivity index (χ1) is 15.7. The van der Waals surface area contributed by atoms with Crippen molar-refractivity contribution in [1.29, 1.82) is 0 Å². The first-order valence-corrected chi connectivity index (χ1v) is 10.4. The number of para-hydroxylation sites is 2. The number of hydrogen-bond acceptors (Lipinski definition) is 4. The van der Waals surface area contributed by atoms with E-state index in [2.05, 4.69) is 22.4 Å². The average Bonchev–Trinajstić information content (AvgIpc) is 3.29. The molecule has 0 spiro atoms. The number of benzene rings is 3. The van der Waals surface area contributed by atoms with Crippen LogP contribution in [0.25, 0.3) is 11.3 Å². The summed E-state index contributed by atoms with van der Waals surface area (Å²) in [4.78, 5) is 16.7. The lowest BCUT2D eigenvalue weighted by atomic mass is 10.2. The van der Waals surface area contributed by atoms with Crippen LogP contribution < -0.4 is 10.1 Å². The maximum atomic E-state index is 13.1. The summed E-state index contributed by atoms with van der Waals surface area (Å²) in [5.74, 6) is 1.15. The van der Waals surface area contributed by atoms with Gasteiger partial charge in [-0.15, -0.1) is 0 Å². The van der Waals surface area contributed by atoms with Gasteiger partial charge in [0, 0.05) is 24.8 Å². The molecule has 4 rings (SSSR count). The molecule has 162 valence electrons. The number of nitrogens with zero attached hydrogens (tertiary/aromatic N) is 1. The number of aryl methyl sites for hydroxylation is 1. The Kier molecular flexibility index (Phi) is 6.92. The van der Waals surface area contributed by atoms with Gasteiger partial charge in [-0.2, -0.15) is 0 Å². The summed E-state index contributed by atoms with van der Waals surface area (Å²) in [5, 5.41) is 2.90. The zero-order valence-corrected chi connectivity index (χ0v) is 17.5. The van der Waals surface area contributed by atoms with Crippen molar-refractivity contribution >= 4 is 11.6 Å². The van der Waals surface area contributed by atoms with E-state index in [1.807, 2.05) is 42.5 Å². The second kappa shape index (κ2) is 10.4. The van der Waals surface area contributed by atoms with Crippen LogP contribution in [0.2, 0.25) is 0 Å². The summed E-state index contributed by atoms with van der Waals surface area (Å²) in [6.07, 6.45) is 2.92. The Morgan fingerprint density at radius 3 is 2.50 bits per heavy atom. The molecule has 0 unspecified atom stereocenters. The van der Waals surface area contributed by atoms with Crippen molar-refractivity contribution in [3.8, 4) is 17.1 Å². The first kappa shape index (κ1) is 21.3. The van der Waals surface area contributed by atoms with E-state index in [4.69, 9.17) is 9.15 Å². The molecule has 0 aliphatic carbocycles. The maximum absolute atomic E-state index is 13.1. The van der Waals surface area contributed by atoms with Crippen molar-refractivity contribution in [3.63, 3.8) is 0 Å². The van der Waals surface area contributed by atoms with Crippen LogP contribution in [0.1, 0.15) is 17.9 Å². The lowest BCUT2D eigenvalue weighted by Crippen LogP contribution is -2.14. The van der Waals surface area contributed by atoms with Crippen LogP contribution in [0.5, 0.6) is 5.75 Å². The van der Waals surface area contributed by atoms with Crippen LogP contribution in [-0.4, -0.2) is 17.5 Å². The Balaban J connectivity index is 1.29. The molecule has 1 heterocycles. The molecule has 0 aliphatic rings. The number of halogens is 1. The minimum Gasteiger partial charge on any atom is -0.491 e. The smallest absolute Gasteiger partial charge is 0.224 e. The summed E-state index contributed by atoms with van der Waals surface area (Å²) in [5.41, 5.74) is 2.56. The fraction of sp³-hybridized carbons (Fsp3) is 0.154. The Morgan fingerprint density at radius 2 is 1.69 bits per heavy atom. The third-order valence-electron chi connectivity index (χ3n) is 4.90. The van der Waals surface area contributed by atoms with E-state index in [0.29, 0.717) is 36.1 Å². The molecule has 0 saturated carbocycles. The molecule has 0 aliphatic heterocycles. The van der Waals surface area contributed by atoms with Gasteiger partial charge in [0.15, 0.2) is 11.7 Å². The second-order valence-corrected chi connectivity index (χ2v) is 7.25. The van der Waals surface area contributed by atoms with E-state index in [1.54, 1.807) is 18.3 Å². The van der Waals surface area contributed by atoms with E-state index in [-0.39, 0.29) is 18.1 Å². The van der Waals surface area contributed by atoms with Crippen LogP contribution in [0.3, 0.4) is 0 Å². The summed E-state index contributed by atoms with van der Waals surface area (Å²) in [6.45, 7) is 0.513. The molecular weight excluding hydrogens is 407 g/mol. The highest BCUT2D eigenvalue weighted by Gasteiger charge is 2.11. The monoisotopic (exact) mass is 430 g/mol. The number of carbonyl (C=O) groups is 1. The lowest BCUT2D eigenvalue weighted by Gasteiger charge is -2.12. The molecule has 3 aromatic carbocycles. The molecule has 0 radical (unpaired) electrons. The fourth-order valence-corrected chi connectivity index (χ4v) is 3.23. The van der Waals surface area contributed by atoms with Crippen LogP contribution in [0.4, 0.5) is 10.1 Å². The lowest BCUT2D eigenvalue weighted by molar-refractivity contribution is -0.116. The zero-order valence-electron chi connectivity index (χ0n) is 17.5. The van der Waals surface area contributed by atoms with Gasteiger partial charge in [-0.25, -0.2) is 9.37 Å². The Hall–Kier alpha value is -3.93. The predicted molar refractivity (Wildman–Crippen MR) is 121 cm³/mol. The van der Waals surface area contributed by atoms with Gasteiger partial charge in [0.2, 0.25) is 5.91 Å². The normalized spacial score (nSPS) is 10.7. The zero-order chi connectivity index (χ0) is 22.2. The van der Waals surface area contributed by atoms with Gasteiger partial charge in [-0.3, -0.25) is 4.79 Å². The molecule has 4 aromatic rings. The Bertz CT molecular complexity index is 1160. The van der Waals surface area contributed by atoms with Crippen molar-refractivity contribution in [1.82, 2.24) is 4.98 Å². The van der Waals surface area contributed by atoms with Gasteiger partial charge in [0.25, 0.3) is 0 Å². The molecule has 0 bridgehead atoms. The highest BCUT2D eigenvalue weighted by molar-refractivity contribution is 5.92. The molecule has 1 aromatic heterocycles. The largest absolute Gasteiger partial charge is 0.491 e. The Labute approximate surface area is 185 Å². The minimum atomic E-state index is -0.311. The van der Waals surface area contributed by atoms with Gasteiger partial charge in [0.05, 0.1) is 18.5 Å². The molecule has 5 nitrogen and oxygen atoms in total. The molecule has 0 saturated heterocycles. The maximum Gasteiger partial charge on any atom is 0.224 e. The number of carbonyl (C=O) groups excluding carboxylic acids is 1. The highest BCUT2D eigenvalue weighted by Crippen LogP contribution is 2.25. The molecule has 0 atom stereocenters. The van der Waals surface area contributed by atoms with E-state index in [0.717, 1.165) is 12.0 Å². The summed E-state index contributed by atoms with van der Waals surface area (Å²) >= 11 is 0. The van der Waals surface area contributed by atoms with Gasteiger partial charge >= 0.3 is 0 Å². The standard InChI is InChI=1S/C26H23FN2O3/c27-21-12-10-20(11-13-21)24-18-28-26(32-24)15-14-25(30)29-22-8-4-5-9-23(22)31-17-16-19-6-2-1-3-7-19/h1-13,18H,14-17H2,(H,29,30). The van der Waals surface area contributed by atoms with Crippen LogP contribution in [0, 0.1) is 5.82 Å². The SMILES string of the molecule is O=C(CCc1ncc(-c2ccc(F)cc2)o1)Nc1ccccc1OCCc1ccccc1. The second-order valence-electron chi connectivity index (χ2n) is 7.25. The summed E-state index contributed by atoms with van der Waals surface area (Å²) < 4.78 is 24.7. The molecule has 1 amide bonds. The molecule has 6 heteroatoms. The molecule has 0 fully saturated rings. The van der Waals surface area contributed by atoms with Gasteiger partial charge in [0.1, 0.15) is 11.6 Å². The van der Waals surface area contributed by atoms with E-state index >= 15 is 0 Å². The molecular formula is C26H23FN2O3.